The molecule has 0 saturated carbocycles. The van der Waals surface area contributed by atoms with E-state index in [1.807, 2.05) is 13.8 Å². The van der Waals surface area contributed by atoms with Crippen molar-refractivity contribution in [3.63, 3.8) is 0 Å². The number of carbonyl (C=O) groups is 2. The first-order chi connectivity index (χ1) is 9.35. The van der Waals surface area contributed by atoms with Crippen molar-refractivity contribution in [3.05, 3.63) is 23.4 Å². The summed E-state index contributed by atoms with van der Waals surface area (Å²) >= 11 is 0. The zero-order chi connectivity index (χ0) is 15.3. The molecule has 0 saturated heterocycles. The molecule has 110 valence electrons. The molecular weight excluding hydrogens is 260 g/mol. The maximum absolute atomic E-state index is 12.4. The van der Waals surface area contributed by atoms with Crippen molar-refractivity contribution in [2.24, 2.45) is 5.92 Å². The molecule has 6 heteroatoms. The Morgan fingerprint density at radius 1 is 1.40 bits per heavy atom. The van der Waals surface area contributed by atoms with Gasteiger partial charge < -0.3 is 14.7 Å². The van der Waals surface area contributed by atoms with Crippen LogP contribution in [0.4, 0.5) is 0 Å². The Balaban J connectivity index is 3.07. The Bertz CT molecular complexity index is 500. The molecule has 20 heavy (non-hydrogen) atoms. The number of nitrogens with zero attached hydrogens (tertiary/aromatic N) is 2. The Kier molecular flexibility index (Phi) is 5.49. The molecule has 0 spiro atoms. The highest BCUT2D eigenvalue weighted by molar-refractivity contribution is 5.97. The van der Waals surface area contributed by atoms with Crippen molar-refractivity contribution >= 4 is 11.9 Å². The van der Waals surface area contributed by atoms with Gasteiger partial charge in [-0.1, -0.05) is 13.8 Å². The summed E-state index contributed by atoms with van der Waals surface area (Å²) in [6.45, 7) is 5.66. The third-order valence-corrected chi connectivity index (χ3v) is 2.62. The number of aromatic nitrogens is 1. The maximum Gasteiger partial charge on any atom is 0.323 e. The Labute approximate surface area is 118 Å². The van der Waals surface area contributed by atoms with Crippen molar-refractivity contribution in [1.82, 2.24) is 9.88 Å². The van der Waals surface area contributed by atoms with E-state index in [0.29, 0.717) is 6.54 Å². The monoisotopic (exact) mass is 280 g/mol. The number of hydrogen-bond acceptors (Lipinski definition) is 4. The fraction of sp³-hybridized carbons (Fsp3) is 0.500. The highest BCUT2D eigenvalue weighted by Crippen LogP contribution is 2.18. The van der Waals surface area contributed by atoms with Crippen molar-refractivity contribution in [2.75, 3.05) is 20.2 Å². The first-order valence-corrected chi connectivity index (χ1v) is 6.37. The number of methoxy groups -OCH3 is 1. The van der Waals surface area contributed by atoms with Crippen LogP contribution in [0.2, 0.25) is 0 Å². The number of hydrogen-bond donors (Lipinski definition) is 1. The summed E-state index contributed by atoms with van der Waals surface area (Å²) in [4.78, 5) is 28.8. The summed E-state index contributed by atoms with van der Waals surface area (Å²) in [5.41, 5.74) is 1.01. The summed E-state index contributed by atoms with van der Waals surface area (Å²) in [6.07, 6.45) is 0. The largest absolute Gasteiger partial charge is 0.480 e. The average Bonchev–Trinajstić information content (AvgIpc) is 2.35. The molecule has 0 fully saturated rings. The number of carboxylic acids is 1. The van der Waals surface area contributed by atoms with Crippen molar-refractivity contribution < 1.29 is 19.4 Å². The minimum absolute atomic E-state index is 0.169. The second kappa shape index (κ2) is 6.88. The molecule has 1 aromatic heterocycles. The lowest BCUT2D eigenvalue weighted by Crippen LogP contribution is -2.38. The van der Waals surface area contributed by atoms with E-state index in [1.165, 1.54) is 12.0 Å². The van der Waals surface area contributed by atoms with E-state index in [1.54, 1.807) is 19.1 Å². The Hall–Kier alpha value is -2.11. The smallest absolute Gasteiger partial charge is 0.323 e. The molecule has 0 aromatic carbocycles. The van der Waals surface area contributed by atoms with Crippen molar-refractivity contribution in [3.8, 4) is 5.88 Å². The fourth-order valence-corrected chi connectivity index (χ4v) is 1.84. The van der Waals surface area contributed by atoms with Gasteiger partial charge >= 0.3 is 5.97 Å². The predicted octanol–water partition coefficient (Wildman–Crippen LogP) is 1.58. The van der Waals surface area contributed by atoms with Gasteiger partial charge in [0.1, 0.15) is 12.1 Å². The van der Waals surface area contributed by atoms with Crippen LogP contribution in [0.5, 0.6) is 5.88 Å². The average molecular weight is 280 g/mol. The number of ether oxygens (including phenoxy) is 1. The lowest BCUT2D eigenvalue weighted by atomic mass is 10.1. The van der Waals surface area contributed by atoms with Crippen LogP contribution in [0.1, 0.15) is 29.9 Å². The Morgan fingerprint density at radius 3 is 2.55 bits per heavy atom. The van der Waals surface area contributed by atoms with Gasteiger partial charge in [-0.25, -0.2) is 4.98 Å². The lowest BCUT2D eigenvalue weighted by Gasteiger charge is -2.23. The fourth-order valence-electron chi connectivity index (χ4n) is 1.84. The van der Waals surface area contributed by atoms with Gasteiger partial charge in [-0.3, -0.25) is 9.59 Å². The second-order valence-corrected chi connectivity index (χ2v) is 4.98. The number of carbonyl (C=O) groups excluding carboxylic acids is 1. The van der Waals surface area contributed by atoms with Gasteiger partial charge in [-0.05, 0) is 25.0 Å². The highest BCUT2D eigenvalue weighted by atomic mass is 16.5. The molecule has 1 heterocycles. The first-order valence-electron chi connectivity index (χ1n) is 6.37. The van der Waals surface area contributed by atoms with E-state index in [0.717, 1.165) is 5.69 Å². The topological polar surface area (TPSA) is 79.7 Å². The molecule has 6 nitrogen and oxygen atoms in total. The Morgan fingerprint density at radius 2 is 2.05 bits per heavy atom. The first kappa shape index (κ1) is 15.9. The quantitative estimate of drug-likeness (QED) is 0.855. The second-order valence-electron chi connectivity index (χ2n) is 4.98. The van der Waals surface area contributed by atoms with Gasteiger partial charge in [-0.2, -0.15) is 0 Å². The molecule has 0 atom stereocenters. The van der Waals surface area contributed by atoms with Crippen LogP contribution in [-0.2, 0) is 4.79 Å². The molecule has 1 rings (SSSR count). The van der Waals surface area contributed by atoms with Crippen LogP contribution in [0, 0.1) is 12.8 Å². The molecule has 0 aliphatic heterocycles. The molecule has 1 amide bonds. The zero-order valence-corrected chi connectivity index (χ0v) is 12.2. The molecule has 0 aliphatic rings. The molecule has 0 bridgehead atoms. The number of aryl methyl sites for hydroxylation is 1. The number of rotatable bonds is 6. The van der Waals surface area contributed by atoms with E-state index in [-0.39, 0.29) is 29.8 Å². The van der Waals surface area contributed by atoms with Crippen LogP contribution in [0.3, 0.4) is 0 Å². The van der Waals surface area contributed by atoms with E-state index in [2.05, 4.69) is 4.98 Å². The van der Waals surface area contributed by atoms with Crippen molar-refractivity contribution in [2.45, 2.75) is 20.8 Å². The third kappa shape index (κ3) is 4.22. The predicted molar refractivity (Wildman–Crippen MR) is 73.9 cm³/mol. The summed E-state index contributed by atoms with van der Waals surface area (Å²) in [5, 5.41) is 8.92. The third-order valence-electron chi connectivity index (χ3n) is 2.62. The van der Waals surface area contributed by atoms with Crippen LogP contribution >= 0.6 is 0 Å². The van der Waals surface area contributed by atoms with Crippen LogP contribution in [-0.4, -0.2) is 47.1 Å². The minimum atomic E-state index is -1.04. The summed E-state index contributed by atoms with van der Waals surface area (Å²) in [6, 6.07) is 3.31. The SMILES string of the molecule is COc1nc(C)ccc1C(=O)N(CC(=O)O)CC(C)C. The standard InChI is InChI=1S/C14H20N2O4/c1-9(2)7-16(8-12(17)18)14(19)11-6-5-10(3)15-13(11)20-4/h5-6,9H,7-8H2,1-4H3,(H,17,18). The molecule has 0 unspecified atom stereocenters. The number of carboxylic acid groups (broad SMARTS) is 1. The molecule has 0 aliphatic carbocycles. The van der Waals surface area contributed by atoms with Crippen molar-refractivity contribution in [1.29, 1.82) is 0 Å². The highest BCUT2D eigenvalue weighted by Gasteiger charge is 2.23. The van der Waals surface area contributed by atoms with Gasteiger partial charge in [0.25, 0.3) is 5.91 Å². The molecule has 1 N–H and O–H groups in total. The van der Waals surface area contributed by atoms with E-state index < -0.39 is 5.97 Å². The van der Waals surface area contributed by atoms with E-state index >= 15 is 0 Å². The summed E-state index contributed by atoms with van der Waals surface area (Å²) in [7, 11) is 1.43. The molecule has 0 radical (unpaired) electrons. The normalized spacial score (nSPS) is 10.4. The van der Waals surface area contributed by atoms with Gasteiger partial charge in [0, 0.05) is 12.2 Å². The molecule has 1 aromatic rings. The zero-order valence-electron chi connectivity index (χ0n) is 12.2. The van der Waals surface area contributed by atoms with Gasteiger partial charge in [0.05, 0.1) is 7.11 Å². The summed E-state index contributed by atoms with van der Waals surface area (Å²) < 4.78 is 5.10. The molecular formula is C14H20N2O4. The van der Waals surface area contributed by atoms with E-state index in [4.69, 9.17) is 9.84 Å². The van der Waals surface area contributed by atoms with Gasteiger partial charge in [0.2, 0.25) is 5.88 Å². The minimum Gasteiger partial charge on any atom is -0.480 e. The number of amides is 1. The lowest BCUT2D eigenvalue weighted by molar-refractivity contribution is -0.137. The van der Waals surface area contributed by atoms with Crippen LogP contribution < -0.4 is 4.74 Å². The number of aliphatic carboxylic acids is 1. The van der Waals surface area contributed by atoms with E-state index in [9.17, 15) is 9.59 Å². The maximum atomic E-state index is 12.4. The number of pyridine rings is 1. The van der Waals surface area contributed by atoms with Gasteiger partial charge in [-0.15, -0.1) is 0 Å². The van der Waals surface area contributed by atoms with Crippen LogP contribution in [0.25, 0.3) is 0 Å². The van der Waals surface area contributed by atoms with Crippen LogP contribution in [0.15, 0.2) is 12.1 Å². The van der Waals surface area contributed by atoms with Gasteiger partial charge in [0.15, 0.2) is 0 Å². The summed E-state index contributed by atoms with van der Waals surface area (Å²) in [5.74, 6) is -1.04.